The van der Waals surface area contributed by atoms with Gasteiger partial charge in [-0.05, 0) is 12.8 Å². The topological polar surface area (TPSA) is 32.3 Å². The van der Waals surface area contributed by atoms with Gasteiger partial charge in [0.2, 0.25) is 5.91 Å². The van der Waals surface area contributed by atoms with Crippen LogP contribution >= 0.6 is 0 Å². The molecule has 0 spiro atoms. The Morgan fingerprint density at radius 2 is 2.00 bits per heavy atom. The van der Waals surface area contributed by atoms with Crippen LogP contribution in [0.25, 0.3) is 0 Å². The summed E-state index contributed by atoms with van der Waals surface area (Å²) in [7, 11) is 0. The second-order valence-corrected chi connectivity index (χ2v) is 5.05. The van der Waals surface area contributed by atoms with Crippen LogP contribution in [0.1, 0.15) is 40.5 Å². The van der Waals surface area contributed by atoms with Crippen molar-refractivity contribution < 1.29 is 4.79 Å². The van der Waals surface area contributed by atoms with Crippen LogP contribution in [0.4, 0.5) is 0 Å². The Morgan fingerprint density at radius 1 is 1.40 bits per heavy atom. The maximum absolute atomic E-state index is 12.3. The second kappa shape index (κ2) is 4.97. The highest BCUT2D eigenvalue weighted by molar-refractivity contribution is 5.82. The van der Waals surface area contributed by atoms with Crippen molar-refractivity contribution in [2.75, 3.05) is 19.6 Å². The van der Waals surface area contributed by atoms with E-state index in [9.17, 15) is 4.79 Å². The minimum atomic E-state index is -0.204. The fourth-order valence-corrected chi connectivity index (χ4v) is 1.72. The molecule has 1 rings (SSSR count). The Bertz CT molecular complexity index is 222. The first kappa shape index (κ1) is 12.5. The van der Waals surface area contributed by atoms with Crippen LogP contribution in [-0.4, -0.2) is 36.5 Å². The average molecular weight is 212 g/mol. The third-order valence-electron chi connectivity index (χ3n) is 3.39. The highest BCUT2D eigenvalue weighted by Gasteiger charge is 2.35. The predicted octanol–water partition coefficient (Wildman–Crippen LogP) is 1.63. The van der Waals surface area contributed by atoms with E-state index in [1.54, 1.807) is 0 Å². The molecular weight excluding hydrogens is 188 g/mol. The molecule has 1 aliphatic rings. The summed E-state index contributed by atoms with van der Waals surface area (Å²) in [5.74, 6) is 0.318. The fourth-order valence-electron chi connectivity index (χ4n) is 1.72. The van der Waals surface area contributed by atoms with Gasteiger partial charge in [0.25, 0.3) is 0 Å². The van der Waals surface area contributed by atoms with E-state index in [-0.39, 0.29) is 5.41 Å². The van der Waals surface area contributed by atoms with Gasteiger partial charge in [-0.3, -0.25) is 4.79 Å². The average Bonchev–Trinajstić information content (AvgIpc) is 2.13. The van der Waals surface area contributed by atoms with Crippen LogP contribution in [0.3, 0.4) is 0 Å². The van der Waals surface area contributed by atoms with Gasteiger partial charge in [-0.1, -0.05) is 27.7 Å². The summed E-state index contributed by atoms with van der Waals surface area (Å²) in [6.07, 6.45) is 1.95. The molecule has 0 saturated carbocycles. The summed E-state index contributed by atoms with van der Waals surface area (Å²) < 4.78 is 0. The van der Waals surface area contributed by atoms with Crippen molar-refractivity contribution in [3.05, 3.63) is 0 Å². The smallest absolute Gasteiger partial charge is 0.228 e. The van der Waals surface area contributed by atoms with E-state index in [2.05, 4.69) is 24.1 Å². The lowest BCUT2D eigenvalue weighted by Crippen LogP contribution is -2.61. The standard InChI is InChI=1S/C12H24N2O/c1-5-7-14(10-8-13-9-10)11(15)12(3,4)6-2/h10,13H,5-9H2,1-4H3. The number of carbonyl (C=O) groups is 1. The van der Waals surface area contributed by atoms with Gasteiger partial charge in [-0.15, -0.1) is 0 Å². The van der Waals surface area contributed by atoms with E-state index in [0.29, 0.717) is 11.9 Å². The number of nitrogens with one attached hydrogen (secondary N) is 1. The molecule has 1 heterocycles. The number of rotatable bonds is 5. The van der Waals surface area contributed by atoms with Crippen LogP contribution in [-0.2, 0) is 4.79 Å². The number of hydrogen-bond acceptors (Lipinski definition) is 2. The summed E-state index contributed by atoms with van der Waals surface area (Å²) >= 11 is 0. The van der Waals surface area contributed by atoms with Gasteiger partial charge in [0, 0.05) is 25.0 Å². The molecule has 1 N–H and O–H groups in total. The summed E-state index contributed by atoms with van der Waals surface area (Å²) in [6, 6.07) is 0.434. The van der Waals surface area contributed by atoms with Gasteiger partial charge >= 0.3 is 0 Å². The highest BCUT2D eigenvalue weighted by Crippen LogP contribution is 2.25. The van der Waals surface area contributed by atoms with E-state index >= 15 is 0 Å². The first-order valence-electron chi connectivity index (χ1n) is 6.04. The van der Waals surface area contributed by atoms with E-state index in [1.807, 2.05) is 13.8 Å². The van der Waals surface area contributed by atoms with E-state index in [1.165, 1.54) is 0 Å². The lowest BCUT2D eigenvalue weighted by Gasteiger charge is -2.41. The molecule has 0 aliphatic carbocycles. The summed E-state index contributed by atoms with van der Waals surface area (Å²) in [4.78, 5) is 14.4. The number of amides is 1. The van der Waals surface area contributed by atoms with Gasteiger partial charge < -0.3 is 10.2 Å². The molecule has 0 bridgehead atoms. The maximum atomic E-state index is 12.3. The van der Waals surface area contributed by atoms with Crippen LogP contribution in [0.2, 0.25) is 0 Å². The van der Waals surface area contributed by atoms with Crippen LogP contribution in [0.15, 0.2) is 0 Å². The zero-order valence-corrected chi connectivity index (χ0v) is 10.5. The van der Waals surface area contributed by atoms with Gasteiger partial charge in [-0.2, -0.15) is 0 Å². The van der Waals surface area contributed by atoms with Crippen LogP contribution in [0.5, 0.6) is 0 Å². The molecule has 0 aromatic rings. The largest absolute Gasteiger partial charge is 0.337 e. The third kappa shape index (κ3) is 2.71. The third-order valence-corrected chi connectivity index (χ3v) is 3.39. The van der Waals surface area contributed by atoms with Gasteiger partial charge in [0.05, 0.1) is 6.04 Å². The molecule has 0 unspecified atom stereocenters. The summed E-state index contributed by atoms with van der Waals surface area (Å²) in [5.41, 5.74) is -0.204. The van der Waals surface area contributed by atoms with Gasteiger partial charge in [0.15, 0.2) is 0 Å². The Balaban J connectivity index is 2.66. The SMILES string of the molecule is CCCN(C(=O)C(C)(C)CC)C1CNC1. The lowest BCUT2D eigenvalue weighted by molar-refractivity contribution is -0.144. The minimum absolute atomic E-state index is 0.204. The molecule has 0 atom stereocenters. The fraction of sp³-hybridized carbons (Fsp3) is 0.917. The molecule has 88 valence electrons. The first-order chi connectivity index (χ1) is 7.03. The molecule has 0 radical (unpaired) electrons. The van der Waals surface area contributed by atoms with E-state index in [4.69, 9.17) is 0 Å². The number of nitrogens with zero attached hydrogens (tertiary/aromatic N) is 1. The first-order valence-corrected chi connectivity index (χ1v) is 6.04. The molecule has 3 heteroatoms. The summed E-state index contributed by atoms with van der Waals surface area (Å²) in [5, 5.41) is 3.23. The maximum Gasteiger partial charge on any atom is 0.228 e. The zero-order valence-electron chi connectivity index (χ0n) is 10.5. The van der Waals surface area contributed by atoms with Crippen LogP contribution < -0.4 is 5.32 Å². The molecule has 1 saturated heterocycles. The van der Waals surface area contributed by atoms with Gasteiger partial charge in [-0.25, -0.2) is 0 Å². The van der Waals surface area contributed by atoms with Crippen molar-refractivity contribution in [2.45, 2.75) is 46.6 Å². The van der Waals surface area contributed by atoms with Gasteiger partial charge in [0.1, 0.15) is 0 Å². The van der Waals surface area contributed by atoms with Crippen molar-refractivity contribution in [3.8, 4) is 0 Å². The molecule has 3 nitrogen and oxygen atoms in total. The summed E-state index contributed by atoms with van der Waals surface area (Å²) in [6.45, 7) is 11.1. The molecule has 1 amide bonds. The van der Waals surface area contributed by atoms with E-state index < -0.39 is 0 Å². The molecule has 1 aliphatic heterocycles. The van der Waals surface area contributed by atoms with E-state index in [0.717, 1.165) is 32.5 Å². The van der Waals surface area contributed by atoms with Crippen molar-refractivity contribution in [1.29, 1.82) is 0 Å². The monoisotopic (exact) mass is 212 g/mol. The molecule has 15 heavy (non-hydrogen) atoms. The molecule has 0 aromatic heterocycles. The van der Waals surface area contributed by atoms with Crippen molar-refractivity contribution >= 4 is 5.91 Å². The van der Waals surface area contributed by atoms with Crippen LogP contribution in [0, 0.1) is 5.41 Å². The number of hydrogen-bond donors (Lipinski definition) is 1. The van der Waals surface area contributed by atoms with Crippen molar-refractivity contribution in [1.82, 2.24) is 10.2 Å². The molecule has 1 fully saturated rings. The van der Waals surface area contributed by atoms with Crippen molar-refractivity contribution in [3.63, 3.8) is 0 Å². The Labute approximate surface area is 93.2 Å². The number of carbonyl (C=O) groups excluding carboxylic acids is 1. The zero-order chi connectivity index (χ0) is 11.5. The Hall–Kier alpha value is -0.570. The Morgan fingerprint density at radius 3 is 2.33 bits per heavy atom. The molecular formula is C12H24N2O. The highest BCUT2D eigenvalue weighted by atomic mass is 16.2. The predicted molar refractivity (Wildman–Crippen MR) is 62.7 cm³/mol. The minimum Gasteiger partial charge on any atom is -0.337 e. The second-order valence-electron chi connectivity index (χ2n) is 5.05. The lowest BCUT2D eigenvalue weighted by atomic mass is 9.87. The molecule has 0 aromatic carbocycles. The quantitative estimate of drug-likeness (QED) is 0.751. The Kier molecular flexibility index (Phi) is 4.14. The van der Waals surface area contributed by atoms with Crippen molar-refractivity contribution in [2.24, 2.45) is 5.41 Å². The normalized spacial score (nSPS) is 17.3.